The first-order valence-corrected chi connectivity index (χ1v) is 6.71. The number of ether oxygens (including phenoxy) is 1. The van der Waals surface area contributed by atoms with Crippen LogP contribution in [-0.2, 0) is 14.3 Å². The van der Waals surface area contributed by atoms with Gasteiger partial charge in [0.15, 0.2) is 0 Å². The molecule has 2 aliphatic rings. The number of amides is 1. The molecule has 0 aromatic carbocycles. The molecule has 1 heterocycles. The van der Waals surface area contributed by atoms with E-state index in [0.717, 1.165) is 38.8 Å². The summed E-state index contributed by atoms with van der Waals surface area (Å²) >= 11 is 0. The lowest BCUT2D eigenvalue weighted by molar-refractivity contribution is -0.154. The smallest absolute Gasteiger partial charge is 0.302 e. The molecule has 0 aromatic rings. The molecule has 1 amide bonds. The SMILES string of the molecule is CC(=O)OC1CC(N(C)CC(=O)N2CCCC2)C1. The highest BCUT2D eigenvalue weighted by Crippen LogP contribution is 2.27. The minimum absolute atomic E-state index is 0.0526. The van der Waals surface area contributed by atoms with Crippen molar-refractivity contribution >= 4 is 11.9 Å². The number of carbonyl (C=O) groups is 2. The highest BCUT2D eigenvalue weighted by molar-refractivity contribution is 5.78. The summed E-state index contributed by atoms with van der Waals surface area (Å²) in [7, 11) is 1.97. The van der Waals surface area contributed by atoms with E-state index in [1.807, 2.05) is 11.9 Å². The summed E-state index contributed by atoms with van der Waals surface area (Å²) in [6, 6.07) is 0.376. The van der Waals surface area contributed by atoms with Crippen molar-refractivity contribution in [2.45, 2.75) is 44.8 Å². The van der Waals surface area contributed by atoms with E-state index in [1.165, 1.54) is 6.92 Å². The second kappa shape index (κ2) is 5.69. The lowest BCUT2D eigenvalue weighted by atomic mass is 9.88. The Kier molecular flexibility index (Phi) is 4.22. The minimum Gasteiger partial charge on any atom is -0.462 e. The molecule has 1 aliphatic heterocycles. The molecule has 0 bridgehead atoms. The zero-order chi connectivity index (χ0) is 13.1. The Bertz CT molecular complexity index is 320. The first-order chi connectivity index (χ1) is 8.56. The molecule has 0 atom stereocenters. The monoisotopic (exact) mass is 254 g/mol. The quantitative estimate of drug-likeness (QED) is 0.691. The highest BCUT2D eigenvalue weighted by Gasteiger charge is 2.35. The number of hydrogen-bond donors (Lipinski definition) is 0. The predicted molar refractivity (Wildman–Crippen MR) is 67.0 cm³/mol. The van der Waals surface area contributed by atoms with Crippen LogP contribution < -0.4 is 0 Å². The van der Waals surface area contributed by atoms with E-state index < -0.39 is 0 Å². The number of nitrogens with zero attached hydrogens (tertiary/aromatic N) is 2. The average Bonchev–Trinajstić information content (AvgIpc) is 2.75. The van der Waals surface area contributed by atoms with Crippen molar-refractivity contribution in [1.82, 2.24) is 9.80 Å². The minimum atomic E-state index is -0.214. The lowest BCUT2D eigenvalue weighted by Crippen LogP contribution is -2.50. The third-order valence-corrected chi connectivity index (χ3v) is 3.87. The van der Waals surface area contributed by atoms with E-state index in [0.29, 0.717) is 12.6 Å². The Balaban J connectivity index is 1.68. The number of rotatable bonds is 4. The molecule has 2 rings (SSSR count). The summed E-state index contributed by atoms with van der Waals surface area (Å²) < 4.78 is 5.11. The van der Waals surface area contributed by atoms with Crippen LogP contribution in [0.3, 0.4) is 0 Å². The maximum Gasteiger partial charge on any atom is 0.302 e. The van der Waals surface area contributed by atoms with Gasteiger partial charge < -0.3 is 9.64 Å². The van der Waals surface area contributed by atoms with Crippen LogP contribution in [0.25, 0.3) is 0 Å². The Labute approximate surface area is 108 Å². The zero-order valence-electron chi connectivity index (χ0n) is 11.2. The van der Waals surface area contributed by atoms with Crippen molar-refractivity contribution < 1.29 is 14.3 Å². The van der Waals surface area contributed by atoms with Gasteiger partial charge in [0.25, 0.3) is 0 Å². The van der Waals surface area contributed by atoms with E-state index in [4.69, 9.17) is 4.74 Å². The molecule has 1 saturated carbocycles. The molecule has 5 nitrogen and oxygen atoms in total. The molecule has 18 heavy (non-hydrogen) atoms. The molecule has 1 saturated heterocycles. The first-order valence-electron chi connectivity index (χ1n) is 6.71. The van der Waals surface area contributed by atoms with Gasteiger partial charge in [0.2, 0.25) is 5.91 Å². The van der Waals surface area contributed by atoms with Crippen molar-refractivity contribution in [2.24, 2.45) is 0 Å². The van der Waals surface area contributed by atoms with E-state index in [1.54, 1.807) is 0 Å². The van der Waals surface area contributed by atoms with Crippen LogP contribution >= 0.6 is 0 Å². The maximum absolute atomic E-state index is 12.0. The third-order valence-electron chi connectivity index (χ3n) is 3.87. The van der Waals surface area contributed by atoms with Crippen LogP contribution in [0.15, 0.2) is 0 Å². The first kappa shape index (κ1) is 13.3. The fourth-order valence-electron chi connectivity index (χ4n) is 2.64. The molecule has 0 spiro atoms. The van der Waals surface area contributed by atoms with Crippen LogP contribution in [0.4, 0.5) is 0 Å². The molecule has 0 radical (unpaired) electrons. The summed E-state index contributed by atoms with van der Waals surface area (Å²) in [6.45, 7) is 3.74. The number of carbonyl (C=O) groups excluding carboxylic acids is 2. The number of hydrogen-bond acceptors (Lipinski definition) is 4. The Morgan fingerprint density at radius 3 is 2.44 bits per heavy atom. The molecule has 5 heteroatoms. The molecular weight excluding hydrogens is 232 g/mol. The summed E-state index contributed by atoms with van der Waals surface area (Å²) in [5, 5.41) is 0. The van der Waals surface area contributed by atoms with Crippen LogP contribution in [0.5, 0.6) is 0 Å². The van der Waals surface area contributed by atoms with E-state index in [9.17, 15) is 9.59 Å². The molecule has 0 N–H and O–H groups in total. The molecular formula is C13H22N2O3. The fourth-order valence-corrected chi connectivity index (χ4v) is 2.64. The van der Waals surface area contributed by atoms with Crippen LogP contribution in [0, 0.1) is 0 Å². The van der Waals surface area contributed by atoms with Gasteiger partial charge in [-0.25, -0.2) is 0 Å². The van der Waals surface area contributed by atoms with Crippen molar-refractivity contribution in [3.8, 4) is 0 Å². The van der Waals surface area contributed by atoms with Crippen molar-refractivity contribution in [3.05, 3.63) is 0 Å². The van der Waals surface area contributed by atoms with Crippen molar-refractivity contribution in [1.29, 1.82) is 0 Å². The highest BCUT2D eigenvalue weighted by atomic mass is 16.5. The number of likely N-dealkylation sites (N-methyl/N-ethyl adjacent to an activating group) is 1. The molecule has 0 aromatic heterocycles. The topological polar surface area (TPSA) is 49.9 Å². The average molecular weight is 254 g/mol. The molecule has 0 unspecified atom stereocenters. The standard InChI is InChI=1S/C13H22N2O3/c1-10(16)18-12-7-11(8-12)14(2)9-13(17)15-5-3-4-6-15/h11-12H,3-9H2,1-2H3. The van der Waals surface area contributed by atoms with Crippen LogP contribution in [0.1, 0.15) is 32.6 Å². The van der Waals surface area contributed by atoms with Gasteiger partial charge in [-0.3, -0.25) is 14.5 Å². The molecule has 1 aliphatic carbocycles. The summed E-state index contributed by atoms with van der Waals surface area (Å²) in [6.07, 6.45) is 4.02. The van der Waals surface area contributed by atoms with Gasteiger partial charge in [-0.15, -0.1) is 0 Å². The zero-order valence-corrected chi connectivity index (χ0v) is 11.2. The normalized spacial score (nSPS) is 27.2. The fraction of sp³-hybridized carbons (Fsp3) is 0.846. The number of esters is 1. The van der Waals surface area contributed by atoms with Gasteiger partial charge in [-0.05, 0) is 19.9 Å². The van der Waals surface area contributed by atoms with Crippen LogP contribution in [-0.4, -0.2) is 60.5 Å². The van der Waals surface area contributed by atoms with Gasteiger partial charge in [0, 0.05) is 38.9 Å². The van der Waals surface area contributed by atoms with Crippen LogP contribution in [0.2, 0.25) is 0 Å². The summed E-state index contributed by atoms with van der Waals surface area (Å²) in [5.41, 5.74) is 0. The maximum atomic E-state index is 12.0. The second-order valence-corrected chi connectivity index (χ2v) is 5.36. The van der Waals surface area contributed by atoms with Crippen molar-refractivity contribution in [2.75, 3.05) is 26.7 Å². The Morgan fingerprint density at radius 2 is 1.89 bits per heavy atom. The second-order valence-electron chi connectivity index (χ2n) is 5.36. The van der Waals surface area contributed by atoms with E-state index in [2.05, 4.69) is 4.90 Å². The summed E-state index contributed by atoms with van der Waals surface area (Å²) in [5.74, 6) is 0.0141. The predicted octanol–water partition coefficient (Wildman–Crippen LogP) is 0.635. The molecule has 102 valence electrons. The third kappa shape index (κ3) is 3.22. The van der Waals surface area contributed by atoms with E-state index in [-0.39, 0.29) is 18.0 Å². The largest absolute Gasteiger partial charge is 0.462 e. The Morgan fingerprint density at radius 1 is 1.28 bits per heavy atom. The van der Waals surface area contributed by atoms with Gasteiger partial charge in [0.05, 0.1) is 6.54 Å². The Hall–Kier alpha value is -1.10. The van der Waals surface area contributed by atoms with E-state index >= 15 is 0 Å². The van der Waals surface area contributed by atoms with Gasteiger partial charge >= 0.3 is 5.97 Å². The van der Waals surface area contributed by atoms with Gasteiger partial charge in [-0.2, -0.15) is 0 Å². The summed E-state index contributed by atoms with van der Waals surface area (Å²) in [4.78, 5) is 26.8. The lowest BCUT2D eigenvalue weighted by Gasteiger charge is -2.40. The van der Waals surface area contributed by atoms with Crippen molar-refractivity contribution in [3.63, 3.8) is 0 Å². The number of likely N-dealkylation sites (tertiary alicyclic amines) is 1. The van der Waals surface area contributed by atoms with Gasteiger partial charge in [0.1, 0.15) is 6.10 Å². The molecule has 2 fully saturated rings. The van der Waals surface area contributed by atoms with Gasteiger partial charge in [-0.1, -0.05) is 0 Å².